The summed E-state index contributed by atoms with van der Waals surface area (Å²) in [5, 5.41) is 0. The lowest BCUT2D eigenvalue weighted by atomic mass is 10.1. The first-order valence-corrected chi connectivity index (χ1v) is 9.02. The minimum absolute atomic E-state index is 0.0437. The summed E-state index contributed by atoms with van der Waals surface area (Å²) in [7, 11) is 0. The summed E-state index contributed by atoms with van der Waals surface area (Å²) in [5.74, 6) is -0.391. The van der Waals surface area contributed by atoms with E-state index in [2.05, 4.69) is 4.98 Å². The Hall–Kier alpha value is -2.73. The molecule has 3 aromatic rings. The molecule has 0 saturated carbocycles. The Bertz CT molecular complexity index is 999. The number of aromatic nitrogens is 1. The van der Waals surface area contributed by atoms with Crippen molar-refractivity contribution in [3.63, 3.8) is 0 Å². The van der Waals surface area contributed by atoms with Crippen molar-refractivity contribution in [3.05, 3.63) is 68.8 Å². The van der Waals surface area contributed by atoms with Crippen molar-refractivity contribution in [1.82, 2.24) is 9.88 Å². The number of imide groups is 1. The zero-order chi connectivity index (χ0) is 17.4. The van der Waals surface area contributed by atoms with Gasteiger partial charge in [0.15, 0.2) is 0 Å². The van der Waals surface area contributed by atoms with E-state index in [0.29, 0.717) is 17.7 Å². The Kier molecular flexibility index (Phi) is 3.97. The highest BCUT2D eigenvalue weighted by molar-refractivity contribution is 7.16. The van der Waals surface area contributed by atoms with Gasteiger partial charge < -0.3 is 4.98 Å². The van der Waals surface area contributed by atoms with Gasteiger partial charge in [0.1, 0.15) is 0 Å². The molecule has 0 fully saturated rings. The van der Waals surface area contributed by atoms with E-state index in [1.807, 2.05) is 18.2 Å². The van der Waals surface area contributed by atoms with Gasteiger partial charge in [0, 0.05) is 6.54 Å². The summed E-state index contributed by atoms with van der Waals surface area (Å²) in [4.78, 5) is 40.0. The Morgan fingerprint density at radius 1 is 0.920 bits per heavy atom. The molecule has 0 aliphatic carbocycles. The predicted octanol–water partition coefficient (Wildman–Crippen LogP) is 3.21. The molecule has 1 aromatic heterocycles. The molecule has 1 aliphatic heterocycles. The molecule has 5 nitrogen and oxygen atoms in total. The molecule has 0 radical (unpaired) electrons. The summed E-state index contributed by atoms with van der Waals surface area (Å²) in [6.45, 7) is 0.437. The van der Waals surface area contributed by atoms with Gasteiger partial charge in [-0.3, -0.25) is 19.3 Å². The molecule has 6 heteroatoms. The van der Waals surface area contributed by atoms with Crippen molar-refractivity contribution >= 4 is 33.4 Å². The molecule has 1 N–H and O–H groups in total. The molecule has 2 heterocycles. The van der Waals surface area contributed by atoms with Crippen LogP contribution in [-0.4, -0.2) is 28.2 Å². The second-order valence-corrected chi connectivity index (χ2v) is 7.12. The van der Waals surface area contributed by atoms with Gasteiger partial charge in [0.05, 0.1) is 21.3 Å². The van der Waals surface area contributed by atoms with E-state index in [9.17, 15) is 14.4 Å². The third-order valence-electron chi connectivity index (χ3n) is 4.46. The van der Waals surface area contributed by atoms with Crippen LogP contribution in [0, 0.1) is 0 Å². The third-order valence-corrected chi connectivity index (χ3v) is 5.31. The van der Waals surface area contributed by atoms with Crippen LogP contribution >= 0.6 is 11.3 Å². The van der Waals surface area contributed by atoms with Crippen LogP contribution in [0.4, 0.5) is 0 Å². The number of hydrogen-bond acceptors (Lipinski definition) is 4. The van der Waals surface area contributed by atoms with Gasteiger partial charge in [0.2, 0.25) is 0 Å². The molecule has 0 bridgehead atoms. The average Bonchev–Trinajstić information content (AvgIpc) is 3.10. The number of carbonyl (C=O) groups is 2. The van der Waals surface area contributed by atoms with Crippen molar-refractivity contribution in [1.29, 1.82) is 0 Å². The van der Waals surface area contributed by atoms with Gasteiger partial charge in [-0.05, 0) is 49.1 Å². The number of aryl methyl sites for hydroxylation is 1. The Morgan fingerprint density at radius 3 is 2.36 bits per heavy atom. The second kappa shape index (κ2) is 6.29. The van der Waals surface area contributed by atoms with Gasteiger partial charge in [-0.15, -0.1) is 0 Å². The van der Waals surface area contributed by atoms with Gasteiger partial charge in [0.25, 0.3) is 11.8 Å². The number of rotatable bonds is 5. The lowest BCUT2D eigenvalue weighted by Gasteiger charge is -2.13. The average molecular weight is 352 g/mol. The number of H-pyrrole nitrogens is 1. The van der Waals surface area contributed by atoms with E-state index in [1.165, 1.54) is 16.2 Å². The second-order valence-electron chi connectivity index (χ2n) is 6.11. The summed E-state index contributed by atoms with van der Waals surface area (Å²) < 4.78 is 0.961. The smallest absolute Gasteiger partial charge is 0.305 e. The van der Waals surface area contributed by atoms with E-state index in [1.54, 1.807) is 24.3 Å². The number of unbranched alkanes of at least 4 members (excludes halogenated alkanes) is 1. The maximum atomic E-state index is 12.3. The maximum absolute atomic E-state index is 12.3. The molecule has 0 unspecified atom stereocenters. The number of thiazole rings is 1. The van der Waals surface area contributed by atoms with Crippen LogP contribution in [0.5, 0.6) is 0 Å². The molecule has 0 atom stereocenters. The highest BCUT2D eigenvalue weighted by atomic mass is 32.1. The monoisotopic (exact) mass is 352 g/mol. The van der Waals surface area contributed by atoms with Gasteiger partial charge in [-0.1, -0.05) is 29.5 Å². The Balaban J connectivity index is 1.36. The molecular weight excluding hydrogens is 336 g/mol. The predicted molar refractivity (Wildman–Crippen MR) is 97.2 cm³/mol. The summed E-state index contributed by atoms with van der Waals surface area (Å²) in [6, 6.07) is 12.9. The highest BCUT2D eigenvalue weighted by Gasteiger charge is 2.34. The van der Waals surface area contributed by atoms with Crippen LogP contribution in [0.15, 0.2) is 47.3 Å². The van der Waals surface area contributed by atoms with E-state index in [-0.39, 0.29) is 16.7 Å². The van der Waals surface area contributed by atoms with Crippen LogP contribution in [-0.2, 0) is 6.42 Å². The normalized spacial score (nSPS) is 13.7. The molecule has 1 aliphatic rings. The number of nitrogens with one attached hydrogen (secondary N) is 1. The first kappa shape index (κ1) is 15.8. The fraction of sp³-hybridized carbons (Fsp3) is 0.211. The number of fused-ring (bicyclic) bond motifs is 2. The first-order chi connectivity index (χ1) is 12.1. The van der Waals surface area contributed by atoms with E-state index in [0.717, 1.165) is 35.0 Å². The quantitative estimate of drug-likeness (QED) is 0.566. The van der Waals surface area contributed by atoms with Gasteiger partial charge in [-0.25, -0.2) is 0 Å². The van der Waals surface area contributed by atoms with Gasteiger partial charge >= 0.3 is 4.87 Å². The van der Waals surface area contributed by atoms with Crippen LogP contribution in [0.1, 0.15) is 39.1 Å². The lowest BCUT2D eigenvalue weighted by molar-refractivity contribution is 0.0652. The minimum Gasteiger partial charge on any atom is -0.312 e. The van der Waals surface area contributed by atoms with Crippen molar-refractivity contribution in [2.24, 2.45) is 0 Å². The summed E-state index contributed by atoms with van der Waals surface area (Å²) in [5.41, 5.74) is 3.02. The molecule has 2 aromatic carbocycles. The Morgan fingerprint density at radius 2 is 1.64 bits per heavy atom. The Labute approximate surface area is 147 Å². The number of aromatic amines is 1. The minimum atomic E-state index is -0.195. The standard InChI is InChI=1S/C19H16N2O3S/c22-17-13-6-1-2-7-14(13)18(23)21(17)10-4-3-5-12-8-9-15-16(11-12)25-19(24)20-15/h1-2,6-9,11H,3-5,10H2,(H,20,24). The highest BCUT2D eigenvalue weighted by Crippen LogP contribution is 2.23. The number of amides is 2. The summed E-state index contributed by atoms with van der Waals surface area (Å²) >= 11 is 1.21. The zero-order valence-electron chi connectivity index (χ0n) is 13.5. The fourth-order valence-corrected chi connectivity index (χ4v) is 3.99. The maximum Gasteiger partial charge on any atom is 0.305 e. The van der Waals surface area contributed by atoms with E-state index < -0.39 is 0 Å². The summed E-state index contributed by atoms with van der Waals surface area (Å²) in [6.07, 6.45) is 2.48. The largest absolute Gasteiger partial charge is 0.312 e. The number of nitrogens with zero attached hydrogens (tertiary/aromatic N) is 1. The molecule has 0 spiro atoms. The van der Waals surface area contributed by atoms with Crippen molar-refractivity contribution in [2.75, 3.05) is 6.54 Å². The molecule has 2 amide bonds. The van der Waals surface area contributed by atoms with Crippen molar-refractivity contribution in [3.8, 4) is 0 Å². The topological polar surface area (TPSA) is 70.2 Å². The SMILES string of the molecule is O=C1c2ccccc2C(=O)N1CCCCc1ccc2[nH]c(=O)sc2c1. The zero-order valence-corrected chi connectivity index (χ0v) is 14.3. The molecule has 4 rings (SSSR count). The third kappa shape index (κ3) is 2.89. The van der Waals surface area contributed by atoms with Crippen LogP contribution in [0.3, 0.4) is 0 Å². The van der Waals surface area contributed by atoms with Crippen molar-refractivity contribution in [2.45, 2.75) is 19.3 Å². The van der Waals surface area contributed by atoms with Crippen LogP contribution < -0.4 is 4.87 Å². The molecule has 126 valence electrons. The van der Waals surface area contributed by atoms with Crippen molar-refractivity contribution < 1.29 is 9.59 Å². The fourth-order valence-electron chi connectivity index (χ4n) is 3.19. The molecule has 25 heavy (non-hydrogen) atoms. The number of carbonyl (C=O) groups excluding carboxylic acids is 2. The number of hydrogen-bond donors (Lipinski definition) is 1. The number of benzene rings is 2. The van der Waals surface area contributed by atoms with Crippen LogP contribution in [0.2, 0.25) is 0 Å². The first-order valence-electron chi connectivity index (χ1n) is 8.20. The molecular formula is C19H16N2O3S. The van der Waals surface area contributed by atoms with E-state index in [4.69, 9.17) is 0 Å². The van der Waals surface area contributed by atoms with E-state index >= 15 is 0 Å². The van der Waals surface area contributed by atoms with Gasteiger partial charge in [-0.2, -0.15) is 0 Å². The lowest BCUT2D eigenvalue weighted by Crippen LogP contribution is -2.30. The molecule has 0 saturated heterocycles. The van der Waals surface area contributed by atoms with Crippen LogP contribution in [0.25, 0.3) is 10.2 Å².